The van der Waals surface area contributed by atoms with E-state index < -0.39 is 11.4 Å². The number of carboxylic acid groups (broad SMARTS) is 1. The first-order valence-corrected chi connectivity index (χ1v) is 7.68. The minimum atomic E-state index is -0.924. The van der Waals surface area contributed by atoms with E-state index in [1.54, 1.807) is 38.1 Å². The van der Waals surface area contributed by atoms with Crippen molar-refractivity contribution in [2.75, 3.05) is 10.6 Å². The van der Waals surface area contributed by atoms with E-state index in [0.717, 1.165) is 12.8 Å². The number of hydrogen-bond acceptors (Lipinski definition) is 3. The first-order chi connectivity index (χ1) is 10.7. The van der Waals surface area contributed by atoms with Crippen LogP contribution in [0.4, 0.5) is 11.4 Å². The van der Waals surface area contributed by atoms with Gasteiger partial charge in [0.2, 0.25) is 11.8 Å². The summed E-state index contributed by atoms with van der Waals surface area (Å²) in [5, 5.41) is 14.4. The molecule has 1 aromatic rings. The van der Waals surface area contributed by atoms with Gasteiger partial charge in [0.1, 0.15) is 0 Å². The Morgan fingerprint density at radius 2 is 1.74 bits per heavy atom. The smallest absolute Gasteiger partial charge is 0.303 e. The van der Waals surface area contributed by atoms with E-state index in [1.807, 2.05) is 0 Å². The molecule has 1 saturated carbocycles. The van der Waals surface area contributed by atoms with Crippen LogP contribution in [0.25, 0.3) is 0 Å². The first-order valence-electron chi connectivity index (χ1n) is 7.68. The molecule has 1 fully saturated rings. The lowest BCUT2D eigenvalue weighted by Gasteiger charge is -2.21. The highest BCUT2D eigenvalue weighted by atomic mass is 16.4. The van der Waals surface area contributed by atoms with Crippen LogP contribution in [-0.2, 0) is 14.4 Å². The molecule has 6 heteroatoms. The monoisotopic (exact) mass is 318 g/mol. The van der Waals surface area contributed by atoms with Crippen molar-refractivity contribution in [3.63, 3.8) is 0 Å². The fourth-order valence-electron chi connectivity index (χ4n) is 2.38. The summed E-state index contributed by atoms with van der Waals surface area (Å²) in [5.41, 5.74) is 0.604. The molecule has 0 atom stereocenters. The Morgan fingerprint density at radius 3 is 2.30 bits per heavy atom. The van der Waals surface area contributed by atoms with Crippen LogP contribution < -0.4 is 10.6 Å². The number of carbonyl (C=O) groups is 3. The SMILES string of the molecule is CC(C)(CC(=O)O)CC(=O)Nc1cccc(NC(=O)C2CC2)c1. The highest BCUT2D eigenvalue weighted by Crippen LogP contribution is 2.30. The lowest BCUT2D eigenvalue weighted by atomic mass is 9.85. The average Bonchev–Trinajstić information content (AvgIpc) is 3.20. The number of amides is 2. The van der Waals surface area contributed by atoms with Crippen molar-refractivity contribution in [1.29, 1.82) is 0 Å². The van der Waals surface area contributed by atoms with E-state index in [0.29, 0.717) is 11.4 Å². The van der Waals surface area contributed by atoms with Gasteiger partial charge in [0.25, 0.3) is 0 Å². The van der Waals surface area contributed by atoms with Crippen LogP contribution in [0, 0.1) is 11.3 Å². The average molecular weight is 318 g/mol. The fraction of sp³-hybridized carbons (Fsp3) is 0.471. The Balaban J connectivity index is 1.92. The van der Waals surface area contributed by atoms with Crippen LogP contribution in [0.2, 0.25) is 0 Å². The van der Waals surface area contributed by atoms with Gasteiger partial charge in [0.05, 0.1) is 6.42 Å². The number of hydrogen-bond donors (Lipinski definition) is 3. The summed E-state index contributed by atoms with van der Waals surface area (Å²) in [6.45, 7) is 3.49. The van der Waals surface area contributed by atoms with Crippen LogP contribution in [0.1, 0.15) is 39.5 Å². The van der Waals surface area contributed by atoms with Gasteiger partial charge in [0, 0.05) is 23.7 Å². The Hall–Kier alpha value is -2.37. The van der Waals surface area contributed by atoms with Gasteiger partial charge < -0.3 is 15.7 Å². The normalized spacial score (nSPS) is 14.2. The fourth-order valence-corrected chi connectivity index (χ4v) is 2.38. The molecule has 1 aromatic carbocycles. The van der Waals surface area contributed by atoms with Gasteiger partial charge in [-0.15, -0.1) is 0 Å². The highest BCUT2D eigenvalue weighted by Gasteiger charge is 2.29. The van der Waals surface area contributed by atoms with E-state index >= 15 is 0 Å². The summed E-state index contributed by atoms with van der Waals surface area (Å²) in [6, 6.07) is 6.95. The number of benzene rings is 1. The molecule has 0 heterocycles. The third-order valence-corrected chi connectivity index (χ3v) is 3.63. The summed E-state index contributed by atoms with van der Waals surface area (Å²) in [5.74, 6) is -1.05. The number of aliphatic carboxylic acids is 1. The molecule has 0 unspecified atom stereocenters. The lowest BCUT2D eigenvalue weighted by Crippen LogP contribution is -2.24. The van der Waals surface area contributed by atoms with Crippen molar-refractivity contribution in [1.82, 2.24) is 0 Å². The van der Waals surface area contributed by atoms with Crippen molar-refractivity contribution >= 4 is 29.2 Å². The molecule has 3 N–H and O–H groups in total. The maximum atomic E-state index is 12.1. The van der Waals surface area contributed by atoms with E-state index in [-0.39, 0.29) is 30.6 Å². The maximum absolute atomic E-state index is 12.1. The number of carbonyl (C=O) groups excluding carboxylic acids is 2. The van der Waals surface area contributed by atoms with Crippen molar-refractivity contribution in [2.45, 2.75) is 39.5 Å². The molecule has 0 bridgehead atoms. The molecule has 23 heavy (non-hydrogen) atoms. The molecule has 124 valence electrons. The predicted molar refractivity (Wildman–Crippen MR) is 87.1 cm³/mol. The lowest BCUT2D eigenvalue weighted by molar-refractivity contribution is -0.139. The van der Waals surface area contributed by atoms with Gasteiger partial charge in [-0.05, 0) is 36.5 Å². The second-order valence-electron chi connectivity index (χ2n) is 6.80. The van der Waals surface area contributed by atoms with Gasteiger partial charge in [-0.1, -0.05) is 19.9 Å². The van der Waals surface area contributed by atoms with Crippen molar-refractivity contribution in [2.24, 2.45) is 11.3 Å². The Morgan fingerprint density at radius 1 is 1.13 bits per heavy atom. The third kappa shape index (κ3) is 5.73. The number of rotatable bonds is 7. The predicted octanol–water partition coefficient (Wildman–Crippen LogP) is 2.86. The van der Waals surface area contributed by atoms with Gasteiger partial charge in [-0.25, -0.2) is 0 Å². The molecule has 0 aliphatic heterocycles. The number of anilines is 2. The van der Waals surface area contributed by atoms with Gasteiger partial charge in [-0.3, -0.25) is 14.4 Å². The van der Waals surface area contributed by atoms with E-state index in [9.17, 15) is 14.4 Å². The zero-order chi connectivity index (χ0) is 17.0. The van der Waals surface area contributed by atoms with Crippen molar-refractivity contribution in [3.05, 3.63) is 24.3 Å². The molecule has 0 saturated heterocycles. The quantitative estimate of drug-likeness (QED) is 0.720. The Kier molecular flexibility index (Phi) is 5.03. The summed E-state index contributed by atoms with van der Waals surface area (Å²) in [6.07, 6.45) is 1.90. The van der Waals surface area contributed by atoms with E-state index in [4.69, 9.17) is 5.11 Å². The van der Waals surface area contributed by atoms with E-state index in [2.05, 4.69) is 10.6 Å². The second-order valence-corrected chi connectivity index (χ2v) is 6.80. The van der Waals surface area contributed by atoms with Crippen molar-refractivity contribution < 1.29 is 19.5 Å². The number of nitrogens with one attached hydrogen (secondary N) is 2. The van der Waals surface area contributed by atoms with Crippen LogP contribution in [0.5, 0.6) is 0 Å². The van der Waals surface area contributed by atoms with Crippen LogP contribution in [0.15, 0.2) is 24.3 Å². The molecule has 2 rings (SSSR count). The van der Waals surface area contributed by atoms with Crippen LogP contribution in [-0.4, -0.2) is 22.9 Å². The maximum Gasteiger partial charge on any atom is 0.303 e. The zero-order valence-electron chi connectivity index (χ0n) is 13.4. The Bertz CT molecular complexity index is 621. The van der Waals surface area contributed by atoms with Crippen LogP contribution in [0.3, 0.4) is 0 Å². The molecule has 0 spiro atoms. The van der Waals surface area contributed by atoms with Gasteiger partial charge in [-0.2, -0.15) is 0 Å². The molecule has 0 aromatic heterocycles. The van der Waals surface area contributed by atoms with Crippen LogP contribution >= 0.6 is 0 Å². The van der Waals surface area contributed by atoms with Crippen molar-refractivity contribution in [3.8, 4) is 0 Å². The molecule has 2 amide bonds. The largest absolute Gasteiger partial charge is 0.481 e. The zero-order valence-corrected chi connectivity index (χ0v) is 13.4. The summed E-state index contributed by atoms with van der Waals surface area (Å²) in [7, 11) is 0. The molecule has 0 radical (unpaired) electrons. The first kappa shape index (κ1) is 17.0. The van der Waals surface area contributed by atoms with Gasteiger partial charge in [0.15, 0.2) is 0 Å². The third-order valence-electron chi connectivity index (χ3n) is 3.63. The molecule has 1 aliphatic rings. The topological polar surface area (TPSA) is 95.5 Å². The van der Waals surface area contributed by atoms with Gasteiger partial charge >= 0.3 is 5.97 Å². The molecular weight excluding hydrogens is 296 g/mol. The summed E-state index contributed by atoms with van der Waals surface area (Å²) < 4.78 is 0. The second kappa shape index (κ2) is 6.81. The Labute approximate surface area is 135 Å². The number of carboxylic acids is 1. The highest BCUT2D eigenvalue weighted by molar-refractivity contribution is 5.96. The minimum absolute atomic E-state index is 0.0102. The summed E-state index contributed by atoms with van der Waals surface area (Å²) in [4.78, 5) is 34.6. The standard InChI is InChI=1S/C17H22N2O4/c1-17(2,10-15(21)22)9-14(20)18-12-4-3-5-13(8-12)19-16(23)11-6-7-11/h3-5,8,11H,6-7,9-10H2,1-2H3,(H,18,20)(H,19,23)(H,21,22). The molecular formula is C17H22N2O4. The minimum Gasteiger partial charge on any atom is -0.481 e. The molecule has 6 nitrogen and oxygen atoms in total. The summed E-state index contributed by atoms with van der Waals surface area (Å²) >= 11 is 0. The van der Waals surface area contributed by atoms with E-state index in [1.165, 1.54) is 0 Å². The molecule has 1 aliphatic carbocycles.